The third kappa shape index (κ3) is 2.09. The van der Waals surface area contributed by atoms with Gasteiger partial charge in [-0.25, -0.2) is 0 Å². The van der Waals surface area contributed by atoms with Gasteiger partial charge in [-0.3, -0.25) is 4.79 Å². The van der Waals surface area contributed by atoms with Crippen molar-refractivity contribution in [3.05, 3.63) is 17.5 Å². The number of carbonyl (C=O) groups excluding carboxylic acids is 1. The van der Waals surface area contributed by atoms with Crippen LogP contribution in [0.25, 0.3) is 0 Å². The Morgan fingerprint density at radius 1 is 1.44 bits per heavy atom. The number of hydrogen-bond donors (Lipinski definition) is 0. The first-order chi connectivity index (χ1) is 7.72. The minimum atomic E-state index is 0.0366. The summed E-state index contributed by atoms with van der Waals surface area (Å²) in [5, 5.41) is 3.64. The van der Waals surface area contributed by atoms with Crippen LogP contribution in [0.2, 0.25) is 0 Å². The fourth-order valence-electron chi connectivity index (χ4n) is 1.94. The summed E-state index contributed by atoms with van der Waals surface area (Å²) < 4.78 is 4.91. The van der Waals surface area contributed by atoms with Crippen LogP contribution in [0.3, 0.4) is 0 Å². The number of amides is 1. The van der Waals surface area contributed by atoms with Crippen molar-refractivity contribution in [1.29, 1.82) is 0 Å². The number of rotatable bonds is 2. The van der Waals surface area contributed by atoms with E-state index in [9.17, 15) is 4.79 Å². The summed E-state index contributed by atoms with van der Waals surface area (Å²) >= 11 is 0. The lowest BCUT2D eigenvalue weighted by atomic mass is 10.2. The highest BCUT2D eigenvalue weighted by Crippen LogP contribution is 2.11. The van der Waals surface area contributed by atoms with E-state index in [0.29, 0.717) is 11.3 Å². The van der Waals surface area contributed by atoms with Crippen molar-refractivity contribution in [3.8, 4) is 0 Å². The molecule has 1 saturated heterocycles. The van der Waals surface area contributed by atoms with Gasteiger partial charge in [0.2, 0.25) is 0 Å². The zero-order valence-corrected chi connectivity index (χ0v) is 9.77. The first-order valence-electron chi connectivity index (χ1n) is 5.65. The van der Waals surface area contributed by atoms with Gasteiger partial charge in [-0.2, -0.15) is 0 Å². The average molecular weight is 223 g/mol. The average Bonchev–Trinajstić information content (AvgIpc) is 2.75. The Hall–Kier alpha value is -1.36. The Balaban J connectivity index is 2.00. The molecule has 2 rings (SSSR count). The van der Waals surface area contributed by atoms with E-state index in [1.54, 1.807) is 6.92 Å². The lowest BCUT2D eigenvalue weighted by Gasteiger charge is -2.33. The van der Waals surface area contributed by atoms with Crippen LogP contribution in [0, 0.1) is 6.92 Å². The normalized spacial score (nSPS) is 17.8. The molecule has 0 bridgehead atoms. The fraction of sp³-hybridized carbons (Fsp3) is 0.636. The van der Waals surface area contributed by atoms with Crippen molar-refractivity contribution in [2.75, 3.05) is 32.7 Å². The molecule has 0 spiro atoms. The SMILES string of the molecule is CCN1CCN(C(=O)c2cnoc2C)CC1. The summed E-state index contributed by atoms with van der Waals surface area (Å²) in [4.78, 5) is 16.3. The highest BCUT2D eigenvalue weighted by Gasteiger charge is 2.23. The Bertz CT molecular complexity index is 367. The standard InChI is InChI=1S/C11H17N3O2/c1-3-13-4-6-14(7-5-13)11(15)10-8-12-16-9(10)2/h8H,3-7H2,1-2H3. The van der Waals surface area contributed by atoms with E-state index in [4.69, 9.17) is 4.52 Å². The molecule has 1 fully saturated rings. The van der Waals surface area contributed by atoms with Crippen LogP contribution in [0.15, 0.2) is 10.7 Å². The zero-order chi connectivity index (χ0) is 11.5. The summed E-state index contributed by atoms with van der Waals surface area (Å²) in [7, 11) is 0. The highest BCUT2D eigenvalue weighted by molar-refractivity contribution is 5.94. The second-order valence-electron chi connectivity index (χ2n) is 4.02. The van der Waals surface area contributed by atoms with Crippen LogP contribution < -0.4 is 0 Å². The lowest BCUT2D eigenvalue weighted by Crippen LogP contribution is -2.48. The van der Waals surface area contributed by atoms with Gasteiger partial charge in [-0.1, -0.05) is 12.1 Å². The molecular weight excluding hydrogens is 206 g/mol. The molecule has 0 saturated carbocycles. The zero-order valence-electron chi connectivity index (χ0n) is 9.77. The molecule has 5 heteroatoms. The number of likely N-dealkylation sites (N-methyl/N-ethyl adjacent to an activating group) is 1. The van der Waals surface area contributed by atoms with E-state index < -0.39 is 0 Å². The van der Waals surface area contributed by atoms with Gasteiger partial charge in [-0.05, 0) is 13.5 Å². The Labute approximate surface area is 95.0 Å². The maximum atomic E-state index is 12.1. The Morgan fingerprint density at radius 3 is 2.62 bits per heavy atom. The molecule has 1 aromatic rings. The van der Waals surface area contributed by atoms with E-state index in [0.717, 1.165) is 32.7 Å². The highest BCUT2D eigenvalue weighted by atomic mass is 16.5. The number of carbonyl (C=O) groups is 1. The van der Waals surface area contributed by atoms with Gasteiger partial charge in [0.15, 0.2) is 0 Å². The molecule has 0 unspecified atom stereocenters. The predicted octanol–water partition coefficient (Wildman–Crippen LogP) is 0.761. The Morgan fingerprint density at radius 2 is 2.12 bits per heavy atom. The van der Waals surface area contributed by atoms with Crippen LogP contribution in [0.5, 0.6) is 0 Å². The lowest BCUT2D eigenvalue weighted by molar-refractivity contribution is 0.0641. The van der Waals surface area contributed by atoms with Gasteiger partial charge in [-0.15, -0.1) is 0 Å². The smallest absolute Gasteiger partial charge is 0.259 e. The van der Waals surface area contributed by atoms with Crippen LogP contribution in [-0.2, 0) is 0 Å². The first kappa shape index (κ1) is 11.1. The maximum absolute atomic E-state index is 12.1. The van der Waals surface area contributed by atoms with Gasteiger partial charge >= 0.3 is 0 Å². The van der Waals surface area contributed by atoms with Crippen molar-refractivity contribution in [2.24, 2.45) is 0 Å². The topological polar surface area (TPSA) is 49.6 Å². The van der Waals surface area contributed by atoms with E-state index in [1.165, 1.54) is 6.20 Å². The third-order valence-corrected chi connectivity index (χ3v) is 3.09. The molecular formula is C11H17N3O2. The van der Waals surface area contributed by atoms with Gasteiger partial charge in [0.25, 0.3) is 5.91 Å². The largest absolute Gasteiger partial charge is 0.361 e. The summed E-state index contributed by atoms with van der Waals surface area (Å²) in [6.45, 7) is 8.44. The molecule has 88 valence electrons. The molecule has 0 atom stereocenters. The summed E-state index contributed by atoms with van der Waals surface area (Å²) in [5.74, 6) is 0.637. The molecule has 0 aliphatic carbocycles. The molecule has 0 radical (unpaired) electrons. The minimum Gasteiger partial charge on any atom is -0.361 e. The van der Waals surface area contributed by atoms with E-state index in [2.05, 4.69) is 17.0 Å². The maximum Gasteiger partial charge on any atom is 0.259 e. The quantitative estimate of drug-likeness (QED) is 0.742. The monoisotopic (exact) mass is 223 g/mol. The van der Waals surface area contributed by atoms with Crippen LogP contribution in [0.4, 0.5) is 0 Å². The van der Waals surface area contributed by atoms with E-state index in [1.807, 2.05) is 4.90 Å². The van der Waals surface area contributed by atoms with Crippen molar-refractivity contribution in [1.82, 2.24) is 15.0 Å². The summed E-state index contributed by atoms with van der Waals surface area (Å²) in [6.07, 6.45) is 1.50. The van der Waals surface area contributed by atoms with Crippen molar-refractivity contribution in [2.45, 2.75) is 13.8 Å². The summed E-state index contributed by atoms with van der Waals surface area (Å²) in [6, 6.07) is 0. The Kier molecular flexibility index (Phi) is 3.24. The minimum absolute atomic E-state index is 0.0366. The molecule has 5 nitrogen and oxygen atoms in total. The van der Waals surface area contributed by atoms with Crippen molar-refractivity contribution >= 4 is 5.91 Å². The first-order valence-corrected chi connectivity index (χ1v) is 5.65. The molecule has 2 heterocycles. The molecule has 1 amide bonds. The van der Waals surface area contributed by atoms with Crippen LogP contribution in [0.1, 0.15) is 23.0 Å². The number of piperazine rings is 1. The molecule has 1 aliphatic heterocycles. The van der Waals surface area contributed by atoms with Gasteiger partial charge in [0.05, 0.1) is 6.20 Å². The van der Waals surface area contributed by atoms with Gasteiger partial charge in [0.1, 0.15) is 11.3 Å². The van der Waals surface area contributed by atoms with Crippen molar-refractivity contribution in [3.63, 3.8) is 0 Å². The van der Waals surface area contributed by atoms with Crippen LogP contribution in [-0.4, -0.2) is 53.6 Å². The van der Waals surface area contributed by atoms with E-state index in [-0.39, 0.29) is 5.91 Å². The number of aromatic nitrogens is 1. The molecule has 0 aromatic carbocycles. The van der Waals surface area contributed by atoms with Crippen molar-refractivity contribution < 1.29 is 9.32 Å². The number of nitrogens with zero attached hydrogens (tertiary/aromatic N) is 3. The number of aryl methyl sites for hydroxylation is 1. The molecule has 16 heavy (non-hydrogen) atoms. The molecule has 1 aromatic heterocycles. The molecule has 1 aliphatic rings. The van der Waals surface area contributed by atoms with Gasteiger partial charge in [0, 0.05) is 26.2 Å². The van der Waals surface area contributed by atoms with Crippen LogP contribution >= 0.6 is 0 Å². The second-order valence-corrected chi connectivity index (χ2v) is 4.02. The fourth-order valence-corrected chi connectivity index (χ4v) is 1.94. The van der Waals surface area contributed by atoms with Gasteiger partial charge < -0.3 is 14.3 Å². The third-order valence-electron chi connectivity index (χ3n) is 3.09. The summed E-state index contributed by atoms with van der Waals surface area (Å²) in [5.41, 5.74) is 0.588. The molecule has 0 N–H and O–H groups in total. The number of hydrogen-bond acceptors (Lipinski definition) is 4. The van der Waals surface area contributed by atoms with E-state index >= 15 is 0 Å². The second kappa shape index (κ2) is 4.65. The predicted molar refractivity (Wildman–Crippen MR) is 59.3 cm³/mol.